The van der Waals surface area contributed by atoms with E-state index in [0.717, 1.165) is 22.3 Å². The van der Waals surface area contributed by atoms with Crippen LogP contribution >= 0.6 is 15.9 Å². The molecule has 17 heavy (non-hydrogen) atoms. The summed E-state index contributed by atoms with van der Waals surface area (Å²) in [5.41, 5.74) is 1.94. The van der Waals surface area contributed by atoms with E-state index in [1.807, 2.05) is 39.0 Å². The Labute approximate surface area is 111 Å². The van der Waals surface area contributed by atoms with E-state index in [2.05, 4.69) is 26.6 Å². The van der Waals surface area contributed by atoms with E-state index in [9.17, 15) is 4.79 Å². The molecule has 1 unspecified atom stereocenters. The number of anilines is 1. The van der Waals surface area contributed by atoms with E-state index in [0.29, 0.717) is 6.54 Å². The monoisotopic (exact) mass is 298 g/mol. The highest BCUT2D eigenvalue weighted by molar-refractivity contribution is 9.10. The third kappa shape index (κ3) is 4.48. The summed E-state index contributed by atoms with van der Waals surface area (Å²) in [6.45, 7) is 7.53. The van der Waals surface area contributed by atoms with Crippen LogP contribution in [0.15, 0.2) is 22.7 Å². The topological polar surface area (TPSA) is 41.1 Å². The molecule has 4 heteroatoms. The van der Waals surface area contributed by atoms with E-state index in [1.54, 1.807) is 0 Å². The van der Waals surface area contributed by atoms with E-state index < -0.39 is 0 Å². The van der Waals surface area contributed by atoms with Crippen LogP contribution < -0.4 is 10.6 Å². The summed E-state index contributed by atoms with van der Waals surface area (Å²) >= 11 is 3.40. The van der Waals surface area contributed by atoms with Gasteiger partial charge in [-0.25, -0.2) is 0 Å². The van der Waals surface area contributed by atoms with Crippen molar-refractivity contribution >= 4 is 27.5 Å². The number of halogens is 1. The summed E-state index contributed by atoms with van der Waals surface area (Å²) in [5, 5.41) is 6.12. The van der Waals surface area contributed by atoms with Crippen molar-refractivity contribution in [2.45, 2.75) is 20.8 Å². The van der Waals surface area contributed by atoms with Crippen LogP contribution in [0.2, 0.25) is 0 Å². The highest BCUT2D eigenvalue weighted by Crippen LogP contribution is 2.20. The van der Waals surface area contributed by atoms with Crippen LogP contribution in [0.1, 0.15) is 19.4 Å². The molecule has 0 aromatic heterocycles. The van der Waals surface area contributed by atoms with Gasteiger partial charge in [-0.3, -0.25) is 4.79 Å². The number of nitrogens with one attached hydrogen (secondary N) is 2. The van der Waals surface area contributed by atoms with Crippen LogP contribution in [0.5, 0.6) is 0 Å². The molecule has 0 bridgehead atoms. The molecule has 3 nitrogen and oxygen atoms in total. The Bertz CT molecular complexity index is 393. The van der Waals surface area contributed by atoms with Gasteiger partial charge >= 0.3 is 0 Å². The van der Waals surface area contributed by atoms with Gasteiger partial charge in [-0.2, -0.15) is 0 Å². The maximum Gasteiger partial charge on any atom is 0.228 e. The molecule has 1 rings (SSSR count). The van der Waals surface area contributed by atoms with Gasteiger partial charge in [0.05, 0.1) is 0 Å². The van der Waals surface area contributed by atoms with E-state index >= 15 is 0 Å². The lowest BCUT2D eigenvalue weighted by Crippen LogP contribution is -2.30. The summed E-state index contributed by atoms with van der Waals surface area (Å²) in [7, 11) is 0. The summed E-state index contributed by atoms with van der Waals surface area (Å²) < 4.78 is 1.02. The number of amides is 1. The lowest BCUT2D eigenvalue weighted by Gasteiger charge is -2.14. The summed E-state index contributed by atoms with van der Waals surface area (Å²) in [4.78, 5) is 11.9. The summed E-state index contributed by atoms with van der Waals surface area (Å²) in [6.07, 6.45) is 0. The highest BCUT2D eigenvalue weighted by atomic mass is 79.9. The molecule has 0 saturated heterocycles. The van der Waals surface area contributed by atoms with Crippen LogP contribution in [0.25, 0.3) is 0 Å². The molecular formula is C13H19BrN2O. The van der Waals surface area contributed by atoms with Crippen LogP contribution in [0, 0.1) is 12.8 Å². The average Bonchev–Trinajstić information content (AvgIpc) is 2.29. The van der Waals surface area contributed by atoms with Crippen molar-refractivity contribution in [1.82, 2.24) is 5.32 Å². The normalized spacial score (nSPS) is 12.2. The van der Waals surface area contributed by atoms with Gasteiger partial charge in [0, 0.05) is 22.6 Å². The minimum Gasteiger partial charge on any atom is -0.326 e. The lowest BCUT2D eigenvalue weighted by molar-refractivity contribution is -0.119. The predicted molar refractivity (Wildman–Crippen MR) is 75.2 cm³/mol. The number of carbonyl (C=O) groups excluding carboxylic acids is 1. The number of hydrogen-bond acceptors (Lipinski definition) is 2. The quantitative estimate of drug-likeness (QED) is 0.877. The maximum atomic E-state index is 11.9. The van der Waals surface area contributed by atoms with Crippen molar-refractivity contribution in [2.24, 2.45) is 5.92 Å². The molecule has 0 radical (unpaired) electrons. The minimum atomic E-state index is -0.0296. The fourth-order valence-electron chi connectivity index (χ4n) is 1.48. The van der Waals surface area contributed by atoms with Gasteiger partial charge in [0.1, 0.15) is 0 Å². The van der Waals surface area contributed by atoms with Crippen molar-refractivity contribution in [3.8, 4) is 0 Å². The molecule has 1 aromatic rings. The first-order chi connectivity index (χ1) is 8.04. The van der Waals surface area contributed by atoms with Gasteiger partial charge in [-0.05, 0) is 37.2 Å². The van der Waals surface area contributed by atoms with Crippen LogP contribution in [-0.2, 0) is 4.79 Å². The van der Waals surface area contributed by atoms with E-state index in [1.165, 1.54) is 0 Å². The molecular weight excluding hydrogens is 280 g/mol. The Kier molecular flexibility index (Phi) is 5.65. The summed E-state index contributed by atoms with van der Waals surface area (Å²) in [5.74, 6) is 0.0226. The second-order valence-electron chi connectivity index (χ2n) is 4.16. The molecule has 0 saturated carbocycles. The lowest BCUT2D eigenvalue weighted by atomic mass is 10.1. The molecule has 2 N–H and O–H groups in total. The summed E-state index contributed by atoms with van der Waals surface area (Å²) in [6, 6.07) is 5.83. The first-order valence-corrected chi connectivity index (χ1v) is 6.61. The second kappa shape index (κ2) is 6.77. The Morgan fingerprint density at radius 1 is 1.47 bits per heavy atom. The number of carbonyl (C=O) groups is 1. The number of hydrogen-bond donors (Lipinski definition) is 2. The van der Waals surface area contributed by atoms with Crippen molar-refractivity contribution in [3.63, 3.8) is 0 Å². The first-order valence-electron chi connectivity index (χ1n) is 5.82. The van der Waals surface area contributed by atoms with Gasteiger partial charge in [0.25, 0.3) is 0 Å². The molecule has 0 heterocycles. The SMILES string of the molecule is CCNCC(C)C(=O)Nc1ccc(Br)cc1C. The largest absolute Gasteiger partial charge is 0.326 e. The van der Waals surface area contributed by atoms with Crippen molar-refractivity contribution in [2.75, 3.05) is 18.4 Å². The molecule has 1 amide bonds. The van der Waals surface area contributed by atoms with Crippen LogP contribution in [0.3, 0.4) is 0 Å². The number of aryl methyl sites for hydroxylation is 1. The Hall–Kier alpha value is -0.870. The van der Waals surface area contributed by atoms with Gasteiger partial charge in [-0.15, -0.1) is 0 Å². The minimum absolute atomic E-state index is 0.0296. The fraction of sp³-hybridized carbons (Fsp3) is 0.462. The number of rotatable bonds is 5. The van der Waals surface area contributed by atoms with Crippen LogP contribution in [-0.4, -0.2) is 19.0 Å². The Morgan fingerprint density at radius 3 is 2.76 bits per heavy atom. The van der Waals surface area contributed by atoms with Crippen molar-refractivity contribution in [1.29, 1.82) is 0 Å². The zero-order valence-electron chi connectivity index (χ0n) is 10.5. The van der Waals surface area contributed by atoms with Gasteiger partial charge in [-0.1, -0.05) is 29.8 Å². The van der Waals surface area contributed by atoms with E-state index in [-0.39, 0.29) is 11.8 Å². The molecule has 0 aliphatic carbocycles. The van der Waals surface area contributed by atoms with Crippen molar-refractivity contribution < 1.29 is 4.79 Å². The maximum absolute atomic E-state index is 11.9. The molecule has 1 aromatic carbocycles. The molecule has 0 aliphatic heterocycles. The Balaban J connectivity index is 2.61. The fourth-order valence-corrected chi connectivity index (χ4v) is 1.95. The van der Waals surface area contributed by atoms with Crippen LogP contribution in [0.4, 0.5) is 5.69 Å². The van der Waals surface area contributed by atoms with Gasteiger partial charge < -0.3 is 10.6 Å². The highest BCUT2D eigenvalue weighted by Gasteiger charge is 2.13. The molecule has 1 atom stereocenters. The third-order valence-corrected chi connectivity index (χ3v) is 3.09. The molecule has 94 valence electrons. The zero-order valence-corrected chi connectivity index (χ0v) is 12.1. The first kappa shape index (κ1) is 14.2. The average molecular weight is 299 g/mol. The standard InChI is InChI=1S/C13H19BrN2O/c1-4-15-8-10(3)13(17)16-12-6-5-11(14)7-9(12)2/h5-7,10,15H,4,8H2,1-3H3,(H,16,17). The van der Waals surface area contributed by atoms with Crippen molar-refractivity contribution in [3.05, 3.63) is 28.2 Å². The third-order valence-electron chi connectivity index (χ3n) is 2.59. The smallest absolute Gasteiger partial charge is 0.228 e. The van der Waals surface area contributed by atoms with Gasteiger partial charge in [0.2, 0.25) is 5.91 Å². The van der Waals surface area contributed by atoms with Gasteiger partial charge in [0.15, 0.2) is 0 Å². The molecule has 0 spiro atoms. The molecule has 0 fully saturated rings. The molecule has 0 aliphatic rings. The Morgan fingerprint density at radius 2 is 2.18 bits per heavy atom. The zero-order chi connectivity index (χ0) is 12.8. The predicted octanol–water partition coefficient (Wildman–Crippen LogP) is 2.94. The number of benzene rings is 1. The van der Waals surface area contributed by atoms with E-state index in [4.69, 9.17) is 0 Å². The second-order valence-corrected chi connectivity index (χ2v) is 5.07.